The van der Waals surface area contributed by atoms with Gasteiger partial charge < -0.3 is 5.32 Å². The average Bonchev–Trinajstić information content (AvgIpc) is 2.83. The number of rotatable bonds is 2. The Hall–Kier alpha value is -0.450. The van der Waals surface area contributed by atoms with Crippen LogP contribution in [0.15, 0.2) is 22.7 Å². The normalized spacial score (nSPS) is 24.6. The number of nitrogens with one attached hydrogen (secondary N) is 1. The second-order valence-electron chi connectivity index (χ2n) is 5.05. The number of halogens is 1. The molecule has 1 aromatic carbocycles. The third-order valence-corrected chi connectivity index (χ3v) is 5.73. The molecule has 18 heavy (non-hydrogen) atoms. The lowest BCUT2D eigenvalue weighted by Crippen LogP contribution is -2.42. The number of fused-ring (bicyclic) bond motifs is 1. The molecule has 1 aromatic heterocycles. The van der Waals surface area contributed by atoms with Gasteiger partial charge in [-0.1, -0.05) is 22.9 Å². The molecular weight excluding hydrogens is 308 g/mol. The number of aromatic nitrogens is 1. The van der Waals surface area contributed by atoms with E-state index in [9.17, 15) is 0 Å². The molecule has 1 saturated heterocycles. The zero-order valence-electron chi connectivity index (χ0n) is 10.5. The Morgan fingerprint density at radius 1 is 1.50 bits per heavy atom. The van der Waals surface area contributed by atoms with E-state index in [1.165, 1.54) is 29.0 Å². The fraction of sp³-hybridized carbons (Fsp3) is 0.500. The van der Waals surface area contributed by atoms with Crippen LogP contribution in [-0.4, -0.2) is 18.1 Å². The van der Waals surface area contributed by atoms with Crippen LogP contribution in [0.25, 0.3) is 10.2 Å². The third-order valence-electron chi connectivity index (χ3n) is 3.95. The van der Waals surface area contributed by atoms with E-state index in [1.807, 2.05) is 11.3 Å². The first-order chi connectivity index (χ1) is 8.73. The van der Waals surface area contributed by atoms with E-state index in [1.54, 1.807) is 0 Å². The molecule has 1 aliphatic heterocycles. The lowest BCUT2D eigenvalue weighted by Gasteiger charge is -2.35. The highest BCUT2D eigenvalue weighted by Crippen LogP contribution is 2.39. The van der Waals surface area contributed by atoms with Crippen LogP contribution in [0.4, 0.5) is 0 Å². The van der Waals surface area contributed by atoms with Crippen molar-refractivity contribution in [1.82, 2.24) is 10.3 Å². The second kappa shape index (κ2) is 4.91. The van der Waals surface area contributed by atoms with Gasteiger partial charge in [-0.3, -0.25) is 0 Å². The molecule has 0 aliphatic carbocycles. The van der Waals surface area contributed by atoms with Gasteiger partial charge in [-0.2, -0.15) is 0 Å². The number of benzene rings is 1. The van der Waals surface area contributed by atoms with Crippen molar-refractivity contribution >= 4 is 37.5 Å². The molecule has 0 bridgehead atoms. The van der Waals surface area contributed by atoms with Crippen molar-refractivity contribution in [2.24, 2.45) is 0 Å². The SMILES string of the molecule is CCC1(c2nc3cc(Br)ccc3s2)CCCNC1. The van der Waals surface area contributed by atoms with Gasteiger partial charge in [0, 0.05) is 16.4 Å². The first kappa shape index (κ1) is 12.6. The minimum atomic E-state index is 0.258. The molecule has 0 saturated carbocycles. The quantitative estimate of drug-likeness (QED) is 0.899. The Bertz CT molecular complexity index is 558. The summed E-state index contributed by atoms with van der Waals surface area (Å²) in [4.78, 5) is 4.89. The predicted octanol–water partition coefficient (Wildman–Crippen LogP) is 4.09. The lowest BCUT2D eigenvalue weighted by molar-refractivity contribution is 0.302. The molecular formula is C14H17BrN2S. The third kappa shape index (κ3) is 2.10. The average molecular weight is 325 g/mol. The van der Waals surface area contributed by atoms with E-state index in [-0.39, 0.29) is 5.41 Å². The van der Waals surface area contributed by atoms with Crippen molar-refractivity contribution in [2.45, 2.75) is 31.6 Å². The Kier molecular flexibility index (Phi) is 3.43. The molecule has 2 nitrogen and oxygen atoms in total. The van der Waals surface area contributed by atoms with Crippen LogP contribution in [0.5, 0.6) is 0 Å². The van der Waals surface area contributed by atoms with Crippen LogP contribution >= 0.6 is 27.3 Å². The molecule has 2 heterocycles. The molecule has 96 valence electrons. The maximum Gasteiger partial charge on any atom is 0.101 e. The molecule has 1 aliphatic rings. The fourth-order valence-corrected chi connectivity index (χ4v) is 4.31. The van der Waals surface area contributed by atoms with E-state index in [2.05, 4.69) is 46.4 Å². The van der Waals surface area contributed by atoms with Crippen molar-refractivity contribution < 1.29 is 0 Å². The summed E-state index contributed by atoms with van der Waals surface area (Å²) < 4.78 is 2.41. The van der Waals surface area contributed by atoms with Crippen LogP contribution in [0.3, 0.4) is 0 Å². The van der Waals surface area contributed by atoms with Crippen LogP contribution in [0.1, 0.15) is 31.2 Å². The monoisotopic (exact) mass is 324 g/mol. The van der Waals surface area contributed by atoms with Crippen molar-refractivity contribution in [2.75, 3.05) is 13.1 Å². The van der Waals surface area contributed by atoms with Crippen molar-refractivity contribution in [3.05, 3.63) is 27.7 Å². The molecule has 1 unspecified atom stereocenters. The molecule has 0 spiro atoms. The Morgan fingerprint density at radius 2 is 2.39 bits per heavy atom. The summed E-state index contributed by atoms with van der Waals surface area (Å²) in [6, 6.07) is 6.39. The van der Waals surface area contributed by atoms with E-state index in [4.69, 9.17) is 4.98 Å². The lowest BCUT2D eigenvalue weighted by atomic mass is 9.79. The van der Waals surface area contributed by atoms with Gasteiger partial charge in [0.25, 0.3) is 0 Å². The van der Waals surface area contributed by atoms with Crippen LogP contribution in [-0.2, 0) is 5.41 Å². The van der Waals surface area contributed by atoms with Gasteiger partial charge in [0.15, 0.2) is 0 Å². The van der Waals surface area contributed by atoms with E-state index in [0.29, 0.717) is 0 Å². The highest BCUT2D eigenvalue weighted by Gasteiger charge is 2.35. The smallest absolute Gasteiger partial charge is 0.101 e. The van der Waals surface area contributed by atoms with Crippen molar-refractivity contribution in [1.29, 1.82) is 0 Å². The molecule has 1 atom stereocenters. The van der Waals surface area contributed by atoms with Gasteiger partial charge in [0.1, 0.15) is 5.01 Å². The van der Waals surface area contributed by atoms with E-state index in [0.717, 1.165) is 23.1 Å². The molecule has 0 radical (unpaired) electrons. The van der Waals surface area contributed by atoms with E-state index < -0.39 is 0 Å². The summed E-state index contributed by atoms with van der Waals surface area (Å²) in [7, 11) is 0. The summed E-state index contributed by atoms with van der Waals surface area (Å²) in [5, 5.41) is 4.85. The standard InChI is InChI=1S/C14H17BrN2S/c1-2-14(6-3-7-16-9-14)13-17-11-8-10(15)4-5-12(11)18-13/h4-5,8,16H,2-3,6-7,9H2,1H3. The fourth-order valence-electron chi connectivity index (χ4n) is 2.73. The highest BCUT2D eigenvalue weighted by atomic mass is 79.9. The Labute approximate surface area is 120 Å². The highest BCUT2D eigenvalue weighted by molar-refractivity contribution is 9.10. The van der Waals surface area contributed by atoms with Gasteiger partial charge in [0.05, 0.1) is 10.2 Å². The Balaban J connectivity index is 2.06. The van der Waals surface area contributed by atoms with Gasteiger partial charge in [-0.15, -0.1) is 11.3 Å². The first-order valence-corrected chi connectivity index (χ1v) is 8.12. The minimum absolute atomic E-state index is 0.258. The van der Waals surface area contributed by atoms with Gasteiger partial charge in [-0.25, -0.2) is 4.98 Å². The van der Waals surface area contributed by atoms with Crippen molar-refractivity contribution in [3.8, 4) is 0 Å². The maximum absolute atomic E-state index is 4.89. The number of hydrogen-bond donors (Lipinski definition) is 1. The molecule has 3 rings (SSSR count). The first-order valence-electron chi connectivity index (χ1n) is 6.51. The topological polar surface area (TPSA) is 24.9 Å². The largest absolute Gasteiger partial charge is 0.316 e. The summed E-state index contributed by atoms with van der Waals surface area (Å²) in [5.74, 6) is 0. The zero-order valence-corrected chi connectivity index (χ0v) is 12.9. The molecule has 4 heteroatoms. The summed E-state index contributed by atoms with van der Waals surface area (Å²) in [5.41, 5.74) is 1.39. The van der Waals surface area contributed by atoms with E-state index >= 15 is 0 Å². The predicted molar refractivity (Wildman–Crippen MR) is 81.4 cm³/mol. The molecule has 2 aromatic rings. The van der Waals surface area contributed by atoms with Gasteiger partial charge in [-0.05, 0) is 44.0 Å². The minimum Gasteiger partial charge on any atom is -0.316 e. The van der Waals surface area contributed by atoms with Crippen LogP contribution in [0.2, 0.25) is 0 Å². The van der Waals surface area contributed by atoms with Crippen LogP contribution < -0.4 is 5.32 Å². The van der Waals surface area contributed by atoms with Crippen LogP contribution in [0, 0.1) is 0 Å². The number of nitrogens with zero attached hydrogens (tertiary/aromatic N) is 1. The van der Waals surface area contributed by atoms with Gasteiger partial charge in [0.2, 0.25) is 0 Å². The number of piperidine rings is 1. The van der Waals surface area contributed by atoms with Gasteiger partial charge >= 0.3 is 0 Å². The maximum atomic E-state index is 4.89. The second-order valence-corrected chi connectivity index (χ2v) is 6.99. The summed E-state index contributed by atoms with van der Waals surface area (Å²) in [6.45, 7) is 4.51. The molecule has 0 amide bonds. The van der Waals surface area contributed by atoms with Crippen molar-refractivity contribution in [3.63, 3.8) is 0 Å². The number of hydrogen-bond acceptors (Lipinski definition) is 3. The zero-order chi connectivity index (χ0) is 12.6. The molecule has 1 fully saturated rings. The number of thiazole rings is 1. The summed E-state index contributed by atoms with van der Waals surface area (Å²) >= 11 is 5.38. The summed E-state index contributed by atoms with van der Waals surface area (Å²) in [6.07, 6.45) is 3.69. The Morgan fingerprint density at radius 3 is 3.11 bits per heavy atom. The molecule has 1 N–H and O–H groups in total.